The summed E-state index contributed by atoms with van der Waals surface area (Å²) in [5.41, 5.74) is 0. The molecule has 0 aliphatic carbocycles. The second-order valence-electron chi connectivity index (χ2n) is 6.69. The smallest absolute Gasteiger partial charge is 0.243 e. The molecule has 0 saturated carbocycles. The number of benzene rings is 1. The first kappa shape index (κ1) is 19.6. The monoisotopic (exact) mass is 420 g/mol. The molecule has 0 aromatic heterocycles. The first-order chi connectivity index (χ1) is 12.2. The summed E-state index contributed by atoms with van der Waals surface area (Å²) in [4.78, 5) is 12.8. The molecule has 1 N–H and O–H groups in total. The quantitative estimate of drug-likeness (QED) is 0.788. The molecule has 2 aliphatic heterocycles. The second-order valence-corrected chi connectivity index (χ2v) is 11.2. The molecule has 1 aromatic rings. The predicted molar refractivity (Wildman–Crippen MR) is 98.2 cm³/mol. The third-order valence-corrected chi connectivity index (χ3v) is 8.70. The van der Waals surface area contributed by atoms with Gasteiger partial charge in [-0.15, -0.1) is 0 Å². The molecule has 1 amide bonds. The lowest BCUT2D eigenvalue weighted by Gasteiger charge is -2.34. The Labute approximate surface area is 158 Å². The highest BCUT2D eigenvalue weighted by Gasteiger charge is 2.39. The fraction of sp³-hybridized carbons (Fsp3) is 0.562. The van der Waals surface area contributed by atoms with Crippen LogP contribution in [0.5, 0.6) is 0 Å². The van der Waals surface area contributed by atoms with E-state index in [0.717, 1.165) is 6.42 Å². The number of amides is 1. The Morgan fingerprint density at radius 2 is 1.85 bits per heavy atom. The maximum absolute atomic E-state index is 13.0. The molecule has 144 valence electrons. The van der Waals surface area contributed by atoms with Crippen molar-refractivity contribution in [3.63, 3.8) is 0 Å². The van der Waals surface area contributed by atoms with Crippen LogP contribution in [0.1, 0.15) is 25.7 Å². The zero-order valence-electron chi connectivity index (χ0n) is 14.1. The first-order valence-electron chi connectivity index (χ1n) is 8.47. The molecule has 0 spiro atoms. The lowest BCUT2D eigenvalue weighted by Crippen LogP contribution is -2.53. The van der Waals surface area contributed by atoms with Crippen molar-refractivity contribution >= 4 is 37.4 Å². The van der Waals surface area contributed by atoms with E-state index >= 15 is 0 Å². The van der Waals surface area contributed by atoms with E-state index < -0.39 is 37.9 Å². The molecule has 2 fully saturated rings. The van der Waals surface area contributed by atoms with E-state index in [-0.39, 0.29) is 22.9 Å². The average Bonchev–Trinajstić information content (AvgIpc) is 2.93. The van der Waals surface area contributed by atoms with E-state index in [4.69, 9.17) is 11.6 Å². The molecule has 10 heteroatoms. The van der Waals surface area contributed by atoms with Gasteiger partial charge in [0, 0.05) is 17.6 Å². The van der Waals surface area contributed by atoms with Crippen molar-refractivity contribution in [2.24, 2.45) is 0 Å². The predicted octanol–water partition coefficient (Wildman–Crippen LogP) is 1.19. The van der Waals surface area contributed by atoms with Gasteiger partial charge < -0.3 is 5.32 Å². The molecule has 7 nitrogen and oxygen atoms in total. The van der Waals surface area contributed by atoms with E-state index in [9.17, 15) is 21.6 Å². The number of piperidine rings is 1. The summed E-state index contributed by atoms with van der Waals surface area (Å²) in [7, 11) is -6.95. The molecule has 3 rings (SSSR count). The fourth-order valence-electron chi connectivity index (χ4n) is 3.40. The van der Waals surface area contributed by atoms with E-state index in [0.29, 0.717) is 24.3 Å². The van der Waals surface area contributed by atoms with Gasteiger partial charge >= 0.3 is 0 Å². The van der Waals surface area contributed by atoms with Crippen molar-refractivity contribution < 1.29 is 21.6 Å². The number of hydrogen-bond donors (Lipinski definition) is 1. The summed E-state index contributed by atoms with van der Waals surface area (Å²) in [6, 6.07) is 4.56. The third kappa shape index (κ3) is 4.21. The number of nitrogens with one attached hydrogen (secondary N) is 1. The van der Waals surface area contributed by atoms with Crippen molar-refractivity contribution in [2.75, 3.05) is 18.1 Å². The summed E-state index contributed by atoms with van der Waals surface area (Å²) < 4.78 is 50.3. The van der Waals surface area contributed by atoms with Crippen LogP contribution < -0.4 is 5.32 Å². The van der Waals surface area contributed by atoms with Gasteiger partial charge in [0.2, 0.25) is 15.9 Å². The van der Waals surface area contributed by atoms with Crippen LogP contribution in [0, 0.1) is 0 Å². The van der Waals surface area contributed by atoms with Crippen molar-refractivity contribution in [2.45, 2.75) is 42.7 Å². The summed E-state index contributed by atoms with van der Waals surface area (Å²) in [5.74, 6) is -0.463. The number of carbonyl (C=O) groups is 1. The van der Waals surface area contributed by atoms with Gasteiger partial charge in [-0.1, -0.05) is 18.0 Å². The number of carbonyl (C=O) groups excluding carboxylic acids is 1. The number of nitrogens with zero attached hydrogens (tertiary/aromatic N) is 1. The van der Waals surface area contributed by atoms with Gasteiger partial charge in [-0.25, -0.2) is 16.8 Å². The van der Waals surface area contributed by atoms with Gasteiger partial charge in [-0.2, -0.15) is 4.31 Å². The Morgan fingerprint density at radius 1 is 1.15 bits per heavy atom. The van der Waals surface area contributed by atoms with E-state index in [1.54, 1.807) is 0 Å². The van der Waals surface area contributed by atoms with Crippen LogP contribution in [0.15, 0.2) is 29.2 Å². The van der Waals surface area contributed by atoms with Gasteiger partial charge in [-0.05, 0) is 43.5 Å². The first-order valence-corrected chi connectivity index (χ1v) is 12.1. The summed E-state index contributed by atoms with van der Waals surface area (Å²) >= 11 is 5.82. The van der Waals surface area contributed by atoms with Crippen LogP contribution in [0.3, 0.4) is 0 Å². The minimum atomic E-state index is -3.83. The van der Waals surface area contributed by atoms with Crippen molar-refractivity contribution in [3.05, 3.63) is 29.3 Å². The standard InChI is InChI=1S/C16H21ClN2O5S2/c17-12-4-6-14(7-5-12)26(23,24)19-9-2-1-3-15(19)16(20)18-13-8-10-25(21,22)11-13/h4-7,13,15H,1-3,8-11H2,(H,18,20)/t13-,15-/m1/s1. The van der Waals surface area contributed by atoms with Crippen molar-refractivity contribution in [1.29, 1.82) is 0 Å². The van der Waals surface area contributed by atoms with Gasteiger partial charge in [0.15, 0.2) is 9.84 Å². The Hall–Kier alpha value is -1.16. The van der Waals surface area contributed by atoms with Gasteiger partial charge in [0.25, 0.3) is 0 Å². The summed E-state index contributed by atoms with van der Waals surface area (Å²) in [6.07, 6.45) is 2.20. The zero-order valence-corrected chi connectivity index (χ0v) is 16.5. The highest BCUT2D eigenvalue weighted by atomic mass is 35.5. The minimum Gasteiger partial charge on any atom is -0.351 e. The normalized spacial score (nSPS) is 26.5. The molecule has 0 radical (unpaired) electrons. The number of sulfonamides is 1. The zero-order chi connectivity index (χ0) is 18.9. The SMILES string of the molecule is O=C(N[C@@H]1CCS(=O)(=O)C1)[C@H]1CCCCN1S(=O)(=O)c1ccc(Cl)cc1. The van der Waals surface area contributed by atoms with Crippen LogP contribution in [-0.4, -0.2) is 57.2 Å². The number of rotatable bonds is 4. The maximum Gasteiger partial charge on any atom is 0.243 e. The molecule has 2 aliphatic rings. The minimum absolute atomic E-state index is 0.0510. The van der Waals surface area contributed by atoms with Crippen LogP contribution in [-0.2, 0) is 24.7 Å². The number of hydrogen-bond acceptors (Lipinski definition) is 5. The fourth-order valence-corrected chi connectivity index (χ4v) is 6.86. The highest BCUT2D eigenvalue weighted by molar-refractivity contribution is 7.91. The summed E-state index contributed by atoms with van der Waals surface area (Å²) in [5, 5.41) is 3.15. The van der Waals surface area contributed by atoms with Crippen molar-refractivity contribution in [1.82, 2.24) is 9.62 Å². The Bertz CT molecular complexity index is 884. The van der Waals surface area contributed by atoms with Crippen LogP contribution in [0.2, 0.25) is 5.02 Å². The Morgan fingerprint density at radius 3 is 2.46 bits per heavy atom. The molecule has 1 aromatic carbocycles. The van der Waals surface area contributed by atoms with Gasteiger partial charge in [0.1, 0.15) is 6.04 Å². The van der Waals surface area contributed by atoms with Crippen molar-refractivity contribution in [3.8, 4) is 0 Å². The number of halogens is 1. The van der Waals surface area contributed by atoms with Crippen LogP contribution in [0.25, 0.3) is 0 Å². The molecule has 0 unspecified atom stereocenters. The maximum atomic E-state index is 13.0. The number of sulfone groups is 1. The highest BCUT2D eigenvalue weighted by Crippen LogP contribution is 2.26. The lowest BCUT2D eigenvalue weighted by molar-refractivity contribution is -0.126. The Balaban J connectivity index is 1.79. The molecule has 2 heterocycles. The summed E-state index contributed by atoms with van der Waals surface area (Å²) in [6.45, 7) is 0.256. The molecule has 0 bridgehead atoms. The Kier molecular flexibility index (Phi) is 5.62. The molecule has 26 heavy (non-hydrogen) atoms. The molecule has 2 atom stereocenters. The third-order valence-electron chi connectivity index (χ3n) is 4.76. The lowest BCUT2D eigenvalue weighted by atomic mass is 10.0. The van der Waals surface area contributed by atoms with E-state index in [1.165, 1.54) is 28.6 Å². The van der Waals surface area contributed by atoms with Gasteiger partial charge in [0.05, 0.1) is 16.4 Å². The average molecular weight is 421 g/mol. The van der Waals surface area contributed by atoms with Gasteiger partial charge in [-0.3, -0.25) is 4.79 Å². The van der Waals surface area contributed by atoms with E-state index in [2.05, 4.69) is 5.32 Å². The van der Waals surface area contributed by atoms with Crippen LogP contribution in [0.4, 0.5) is 0 Å². The molecule has 2 saturated heterocycles. The molecular formula is C16H21ClN2O5S2. The van der Waals surface area contributed by atoms with E-state index in [1.807, 2.05) is 0 Å². The molecular weight excluding hydrogens is 400 g/mol. The second kappa shape index (κ2) is 7.46. The topological polar surface area (TPSA) is 101 Å². The van der Waals surface area contributed by atoms with Crippen LogP contribution >= 0.6 is 11.6 Å². The largest absolute Gasteiger partial charge is 0.351 e.